The summed E-state index contributed by atoms with van der Waals surface area (Å²) in [7, 11) is 0. The highest BCUT2D eigenvalue weighted by molar-refractivity contribution is 5.94. The number of esters is 1. The number of nitrogens with two attached hydrogens (primary N) is 1. The zero-order valence-electron chi connectivity index (χ0n) is 14.8. The van der Waals surface area contributed by atoms with Gasteiger partial charge in [0.1, 0.15) is 5.82 Å². The minimum Gasteiger partial charge on any atom is -0.455 e. The number of alkyl halides is 3. The number of nitrogens with one attached hydrogen (secondary N) is 1. The lowest BCUT2D eigenvalue weighted by Crippen LogP contribution is -2.40. The summed E-state index contributed by atoms with van der Waals surface area (Å²) in [5, 5.41) is 12.3. The number of rotatable bonds is 4. The van der Waals surface area contributed by atoms with Gasteiger partial charge in [-0.05, 0) is 25.0 Å². The molecule has 0 saturated carbocycles. The molecule has 156 valence electrons. The van der Waals surface area contributed by atoms with Gasteiger partial charge in [0.2, 0.25) is 0 Å². The molecular formula is C15H16F3N7O4. The third-order valence-electron chi connectivity index (χ3n) is 4.26. The number of hydrogen-bond acceptors (Lipinski definition) is 8. The van der Waals surface area contributed by atoms with Gasteiger partial charge in [0, 0.05) is 13.1 Å². The molecule has 0 aliphatic carbocycles. The topological polar surface area (TPSA) is 145 Å². The third kappa shape index (κ3) is 4.70. The van der Waals surface area contributed by atoms with Crippen LogP contribution in [0.1, 0.15) is 18.7 Å². The second-order valence-corrected chi connectivity index (χ2v) is 6.26. The molecule has 3 N–H and O–H groups in total. The summed E-state index contributed by atoms with van der Waals surface area (Å²) in [5.41, 5.74) is 4.75. The Morgan fingerprint density at radius 2 is 1.90 bits per heavy atom. The largest absolute Gasteiger partial charge is 0.455 e. The molecule has 1 saturated heterocycles. The van der Waals surface area contributed by atoms with Gasteiger partial charge in [-0.25, -0.2) is 4.79 Å². The summed E-state index contributed by atoms with van der Waals surface area (Å²) < 4.78 is 44.4. The number of fused-ring (bicyclic) bond motifs is 1. The van der Waals surface area contributed by atoms with Crippen LogP contribution < -0.4 is 16.0 Å². The van der Waals surface area contributed by atoms with E-state index in [0.29, 0.717) is 30.4 Å². The Hall–Kier alpha value is -3.45. The van der Waals surface area contributed by atoms with Gasteiger partial charge in [-0.3, -0.25) is 14.9 Å². The van der Waals surface area contributed by atoms with Crippen LogP contribution in [-0.4, -0.2) is 57.4 Å². The summed E-state index contributed by atoms with van der Waals surface area (Å²) in [6.45, 7) is 0.0541. The van der Waals surface area contributed by atoms with Gasteiger partial charge in [0.25, 0.3) is 11.7 Å². The Labute approximate surface area is 161 Å². The van der Waals surface area contributed by atoms with Gasteiger partial charge in [-0.1, -0.05) is 0 Å². The molecule has 1 aliphatic heterocycles. The van der Waals surface area contributed by atoms with Gasteiger partial charge in [-0.15, -0.1) is 15.3 Å². The Bertz CT molecular complexity index is 938. The Kier molecular flexibility index (Phi) is 5.52. The zero-order valence-corrected chi connectivity index (χ0v) is 14.8. The van der Waals surface area contributed by atoms with Crippen LogP contribution >= 0.6 is 0 Å². The van der Waals surface area contributed by atoms with Crippen LogP contribution in [0.4, 0.5) is 23.8 Å². The van der Waals surface area contributed by atoms with Crippen LogP contribution in [0.15, 0.2) is 12.1 Å². The number of carbonyl (C=O) groups is 3. The Morgan fingerprint density at radius 3 is 2.52 bits per heavy atom. The fraction of sp³-hybridized carbons (Fsp3) is 0.467. The number of hydrogen-bond donors (Lipinski definition) is 2. The molecular weight excluding hydrogens is 399 g/mol. The lowest BCUT2D eigenvalue weighted by molar-refractivity contribution is -0.153. The number of urea groups is 1. The highest BCUT2D eigenvalue weighted by atomic mass is 19.4. The van der Waals surface area contributed by atoms with Crippen molar-refractivity contribution >= 4 is 29.4 Å². The third-order valence-corrected chi connectivity index (χ3v) is 4.26. The molecule has 0 bridgehead atoms. The molecule has 2 aromatic rings. The molecule has 2 aromatic heterocycles. The lowest BCUT2D eigenvalue weighted by atomic mass is 9.97. The number of piperidine rings is 1. The normalized spacial score (nSPS) is 15.3. The van der Waals surface area contributed by atoms with E-state index in [1.165, 1.54) is 12.1 Å². The lowest BCUT2D eigenvalue weighted by Gasteiger charge is -2.31. The highest BCUT2D eigenvalue weighted by Gasteiger charge is 2.38. The molecule has 29 heavy (non-hydrogen) atoms. The number of nitrogens with zero attached hydrogens (tertiary/aromatic N) is 5. The fourth-order valence-electron chi connectivity index (χ4n) is 2.90. The number of halogens is 3. The van der Waals surface area contributed by atoms with Crippen molar-refractivity contribution in [1.29, 1.82) is 0 Å². The van der Waals surface area contributed by atoms with E-state index in [-0.39, 0.29) is 11.5 Å². The van der Waals surface area contributed by atoms with Crippen molar-refractivity contribution < 1.29 is 32.3 Å². The maximum Gasteiger partial charge on any atom is 0.453 e. The van der Waals surface area contributed by atoms with Crippen molar-refractivity contribution in [3.8, 4) is 0 Å². The van der Waals surface area contributed by atoms with Crippen LogP contribution in [0.2, 0.25) is 0 Å². The van der Waals surface area contributed by atoms with Gasteiger partial charge >= 0.3 is 18.2 Å². The molecule has 3 amide bonds. The van der Waals surface area contributed by atoms with E-state index in [0.717, 1.165) is 0 Å². The minimum atomic E-state index is -4.69. The fourth-order valence-corrected chi connectivity index (χ4v) is 2.90. The average molecular weight is 415 g/mol. The van der Waals surface area contributed by atoms with Crippen molar-refractivity contribution in [3.63, 3.8) is 0 Å². The van der Waals surface area contributed by atoms with E-state index < -0.39 is 42.4 Å². The van der Waals surface area contributed by atoms with E-state index >= 15 is 0 Å². The SMILES string of the molecule is NC(=O)NC(=O)COC(=O)C1CCN(c2ccc3nnc(C(F)(F)F)n3n2)CC1. The summed E-state index contributed by atoms with van der Waals surface area (Å²) in [6.07, 6.45) is -3.99. The van der Waals surface area contributed by atoms with Gasteiger partial charge in [-0.2, -0.15) is 17.7 Å². The van der Waals surface area contributed by atoms with E-state index in [1.807, 2.05) is 0 Å². The molecule has 0 radical (unpaired) electrons. The standard InChI is InChI=1S/C15H16F3N7O4/c16-15(17,18)13-22-21-9-1-2-10(23-25(9)13)24-5-3-8(4-6-24)12(27)29-7-11(26)20-14(19)28/h1-2,8H,3-7H2,(H3,19,20,26,28). The number of ether oxygens (including phenoxy) is 1. The summed E-state index contributed by atoms with van der Waals surface area (Å²) >= 11 is 0. The van der Waals surface area contributed by atoms with E-state index in [2.05, 4.69) is 15.3 Å². The zero-order chi connectivity index (χ0) is 21.2. The molecule has 11 nitrogen and oxygen atoms in total. The molecule has 0 unspecified atom stereocenters. The minimum absolute atomic E-state index is 0.0335. The molecule has 1 fully saturated rings. The first kappa shape index (κ1) is 20.3. The first-order valence-corrected chi connectivity index (χ1v) is 8.45. The molecule has 0 aromatic carbocycles. The second-order valence-electron chi connectivity index (χ2n) is 6.26. The van der Waals surface area contributed by atoms with Crippen molar-refractivity contribution in [2.45, 2.75) is 19.0 Å². The molecule has 3 heterocycles. The summed E-state index contributed by atoms with van der Waals surface area (Å²) in [5.74, 6) is -2.87. The van der Waals surface area contributed by atoms with Crippen molar-refractivity contribution in [3.05, 3.63) is 18.0 Å². The van der Waals surface area contributed by atoms with Crippen LogP contribution in [0.3, 0.4) is 0 Å². The number of aromatic nitrogens is 4. The smallest absolute Gasteiger partial charge is 0.453 e. The highest BCUT2D eigenvalue weighted by Crippen LogP contribution is 2.28. The number of primary amides is 1. The van der Waals surface area contributed by atoms with Crippen LogP contribution in [0, 0.1) is 5.92 Å². The van der Waals surface area contributed by atoms with Crippen LogP contribution in [0.25, 0.3) is 5.65 Å². The average Bonchev–Trinajstić information content (AvgIpc) is 3.09. The monoisotopic (exact) mass is 415 g/mol. The first-order valence-electron chi connectivity index (χ1n) is 8.45. The van der Waals surface area contributed by atoms with E-state index in [9.17, 15) is 27.6 Å². The van der Waals surface area contributed by atoms with Gasteiger partial charge in [0.05, 0.1) is 5.92 Å². The first-order chi connectivity index (χ1) is 13.6. The Balaban J connectivity index is 1.60. The second kappa shape index (κ2) is 7.89. The maximum atomic E-state index is 13.0. The van der Waals surface area contributed by atoms with Crippen molar-refractivity contribution in [2.24, 2.45) is 11.7 Å². The number of carbonyl (C=O) groups excluding carboxylic acids is 3. The summed E-state index contributed by atoms with van der Waals surface area (Å²) in [6, 6.07) is 1.85. The molecule has 14 heteroatoms. The predicted octanol–water partition coefficient (Wildman–Crippen LogP) is 0.0976. The quantitative estimate of drug-likeness (QED) is 0.669. The molecule has 1 aliphatic rings. The predicted molar refractivity (Wildman–Crippen MR) is 89.4 cm³/mol. The van der Waals surface area contributed by atoms with Crippen LogP contribution in [0.5, 0.6) is 0 Å². The maximum absolute atomic E-state index is 13.0. The Morgan fingerprint density at radius 1 is 1.21 bits per heavy atom. The molecule has 3 rings (SSSR count). The van der Waals surface area contributed by atoms with Gasteiger partial charge in [0.15, 0.2) is 12.3 Å². The van der Waals surface area contributed by atoms with E-state index in [1.54, 1.807) is 10.2 Å². The number of imide groups is 1. The van der Waals surface area contributed by atoms with Crippen LogP contribution in [-0.2, 0) is 20.5 Å². The van der Waals surface area contributed by atoms with Gasteiger partial charge < -0.3 is 15.4 Å². The summed E-state index contributed by atoms with van der Waals surface area (Å²) in [4.78, 5) is 35.6. The number of amides is 3. The molecule has 0 spiro atoms. The van der Waals surface area contributed by atoms with Crippen molar-refractivity contribution in [2.75, 3.05) is 24.6 Å². The molecule has 0 atom stereocenters. The van der Waals surface area contributed by atoms with Crippen molar-refractivity contribution in [1.82, 2.24) is 25.1 Å². The van der Waals surface area contributed by atoms with E-state index in [4.69, 9.17) is 10.5 Å². The number of anilines is 1.